The Labute approximate surface area is 453 Å². The highest BCUT2D eigenvalue weighted by Gasteiger charge is 2.54. The Kier molecular flexibility index (Phi) is 12.4. The number of aryl methyl sites for hydroxylation is 2. The maximum atomic E-state index is 4.35. The van der Waals surface area contributed by atoms with Crippen molar-refractivity contribution in [2.24, 2.45) is 0 Å². The minimum Gasteiger partial charge on any atom is -0.334 e. The van der Waals surface area contributed by atoms with Gasteiger partial charge in [-0.25, -0.2) is 0 Å². The highest BCUT2D eigenvalue weighted by Crippen LogP contribution is 2.64. The minimum atomic E-state index is -0.336. The number of aromatic nitrogens is 1. The lowest BCUT2D eigenvalue weighted by atomic mass is 9.69. The largest absolute Gasteiger partial charge is 0.334 e. The third-order valence-electron chi connectivity index (χ3n) is 15.8. The van der Waals surface area contributed by atoms with E-state index >= 15 is 0 Å². The molecule has 0 aliphatic heterocycles. The molecule has 1 atom stereocenters. The molecule has 368 valence electrons. The van der Waals surface area contributed by atoms with Gasteiger partial charge in [-0.1, -0.05) is 223 Å². The molecule has 1 heterocycles. The molecule has 0 saturated carbocycles. The van der Waals surface area contributed by atoms with Crippen molar-refractivity contribution >= 4 is 34.0 Å². The normalized spacial score (nSPS) is 14.2. The van der Waals surface area contributed by atoms with E-state index in [0.717, 1.165) is 29.0 Å². The van der Waals surface area contributed by atoms with Gasteiger partial charge < -0.3 is 9.80 Å². The first-order valence-electron chi connectivity index (χ1n) is 26.8. The van der Waals surface area contributed by atoms with Gasteiger partial charge in [0.15, 0.2) is 0 Å². The third-order valence-corrected chi connectivity index (χ3v) is 15.8. The van der Waals surface area contributed by atoms with E-state index < -0.39 is 0 Å². The van der Waals surface area contributed by atoms with Crippen LogP contribution in [-0.2, 0) is 5.41 Å². The topological polar surface area (TPSA) is 19.4 Å². The molecule has 1 unspecified atom stereocenters. The van der Waals surface area contributed by atoms with Gasteiger partial charge >= 0.3 is 0 Å². The average molecular weight is 988 g/mol. The molecule has 0 N–H and O–H groups in total. The van der Waals surface area contributed by atoms with Crippen molar-refractivity contribution in [3.8, 4) is 44.5 Å². The Bertz CT molecular complexity index is 3790. The fraction of sp³-hybridized carbons (Fsp3) is 0.0676. The Hall–Kier alpha value is -9.57. The molecule has 3 nitrogen and oxygen atoms in total. The van der Waals surface area contributed by atoms with Crippen LogP contribution < -0.4 is 9.80 Å². The number of hydrogen-bond donors (Lipinski definition) is 0. The number of rotatable bonds is 9. The summed E-state index contributed by atoms with van der Waals surface area (Å²) < 4.78 is 0. The molecule has 3 heteroatoms. The zero-order chi connectivity index (χ0) is 51.7. The third kappa shape index (κ3) is 8.57. The summed E-state index contributed by atoms with van der Waals surface area (Å²) in [5.74, 6) is 0. The molecule has 1 spiro atoms. The predicted molar refractivity (Wildman–Crippen MR) is 322 cm³/mol. The number of nitrogens with zero attached hydrogens (tertiary/aromatic N) is 3. The van der Waals surface area contributed by atoms with Gasteiger partial charge in [-0.2, -0.15) is 0 Å². The second-order valence-corrected chi connectivity index (χ2v) is 20.4. The maximum Gasteiger partial charge on any atom is 0.0722 e. The summed E-state index contributed by atoms with van der Waals surface area (Å²) >= 11 is 0. The summed E-state index contributed by atoms with van der Waals surface area (Å²) in [4.78, 5) is 9.22. The number of hydrogen-bond acceptors (Lipinski definition) is 3. The Balaban J connectivity index is 0.000000156. The number of pyridine rings is 1. The lowest BCUT2D eigenvalue weighted by molar-refractivity contribution is 0.757. The van der Waals surface area contributed by atoms with Gasteiger partial charge in [0.05, 0.1) is 11.5 Å². The van der Waals surface area contributed by atoms with Gasteiger partial charge in [0, 0.05) is 40.8 Å². The van der Waals surface area contributed by atoms with Crippen molar-refractivity contribution in [3.05, 3.63) is 330 Å². The summed E-state index contributed by atoms with van der Waals surface area (Å²) in [5.41, 5.74) is 26.2. The molecule has 10 aromatic carbocycles. The van der Waals surface area contributed by atoms with Crippen LogP contribution >= 0.6 is 0 Å². The van der Waals surface area contributed by atoms with Gasteiger partial charge in [0.25, 0.3) is 0 Å². The zero-order valence-corrected chi connectivity index (χ0v) is 43.3. The fourth-order valence-electron chi connectivity index (χ4n) is 12.2. The first kappa shape index (κ1) is 47.2. The first-order chi connectivity index (χ1) is 38.0. The van der Waals surface area contributed by atoms with Crippen LogP contribution in [-0.4, -0.2) is 11.0 Å². The van der Waals surface area contributed by atoms with E-state index in [2.05, 4.69) is 302 Å². The first-order valence-corrected chi connectivity index (χ1v) is 26.8. The smallest absolute Gasteiger partial charge is 0.0722 e. The van der Waals surface area contributed by atoms with Gasteiger partial charge in [-0.05, 0) is 165 Å². The molecule has 0 fully saturated rings. The van der Waals surface area contributed by atoms with E-state index in [0.29, 0.717) is 0 Å². The lowest BCUT2D eigenvalue weighted by Gasteiger charge is -2.38. The summed E-state index contributed by atoms with van der Waals surface area (Å²) in [6.45, 7) is 4.28. The molecule has 77 heavy (non-hydrogen) atoms. The van der Waals surface area contributed by atoms with Gasteiger partial charge in [-0.15, -0.1) is 0 Å². The molecular weight excluding hydrogens is 931 g/mol. The van der Waals surface area contributed by atoms with Crippen molar-refractivity contribution in [2.75, 3.05) is 9.80 Å². The second-order valence-electron chi connectivity index (χ2n) is 20.4. The van der Waals surface area contributed by atoms with Crippen molar-refractivity contribution in [1.82, 2.24) is 4.98 Å². The Morgan fingerprint density at radius 2 is 0.740 bits per heavy atom. The van der Waals surface area contributed by atoms with Crippen LogP contribution in [0.25, 0.3) is 50.1 Å². The number of benzene rings is 10. The molecule has 11 aromatic rings. The van der Waals surface area contributed by atoms with Crippen LogP contribution in [0.4, 0.5) is 28.4 Å². The molecule has 0 radical (unpaired) electrons. The van der Waals surface area contributed by atoms with Crippen LogP contribution in [0.2, 0.25) is 0 Å². The van der Waals surface area contributed by atoms with Gasteiger partial charge in [0.1, 0.15) is 0 Å². The van der Waals surface area contributed by atoms with E-state index in [9.17, 15) is 0 Å². The van der Waals surface area contributed by atoms with E-state index in [-0.39, 0.29) is 11.5 Å². The summed E-state index contributed by atoms with van der Waals surface area (Å²) in [5, 5.41) is 0. The SMILES string of the molecule is Cc1ccc(N(c2ccc(-c3ccccc3)cc2)c2ccc(-c3ccccc3)cc2)cc1.Cc1ccc(N(c2ccc(-c3cccnc3)cc2)C2CC=CC3=C2c2ccccc2C32c3ccccc3-c3ccccc32)cc1. The van der Waals surface area contributed by atoms with Crippen LogP contribution in [0.15, 0.2) is 297 Å². The fourth-order valence-corrected chi connectivity index (χ4v) is 12.2. The number of allylic oxidation sites excluding steroid dienone is 2. The molecular formula is C74H57N3. The van der Waals surface area contributed by atoms with Crippen molar-refractivity contribution in [3.63, 3.8) is 0 Å². The number of anilines is 5. The monoisotopic (exact) mass is 987 g/mol. The van der Waals surface area contributed by atoms with Crippen molar-refractivity contribution in [2.45, 2.75) is 31.7 Å². The van der Waals surface area contributed by atoms with Crippen LogP contribution in [0.3, 0.4) is 0 Å². The standard InChI is InChI=1S/C43H32N2.C31H25N/c1-29-19-23-32(24-20-29)45(33-25-21-30(22-26-33)31-10-9-27-44-28-31)41-18-8-17-40-42(41)36-13-4-7-16-39(36)43(40)37-14-5-2-11-34(37)35-12-3-6-15-38(35)43;1-24-12-18-29(19-13-24)32(30-20-14-27(15-21-30)25-8-4-2-5-9-25)31-22-16-28(17-23-31)26-10-6-3-7-11-26/h2-17,19-28,41H,18H2,1H3;2-23H,1H3. The summed E-state index contributed by atoms with van der Waals surface area (Å²) in [6.07, 6.45) is 9.52. The van der Waals surface area contributed by atoms with Crippen molar-refractivity contribution < 1.29 is 0 Å². The maximum absolute atomic E-state index is 4.35. The molecule has 1 aromatic heterocycles. The van der Waals surface area contributed by atoms with Crippen molar-refractivity contribution in [1.29, 1.82) is 0 Å². The minimum absolute atomic E-state index is 0.123. The predicted octanol–water partition coefficient (Wildman–Crippen LogP) is 19.1. The van der Waals surface area contributed by atoms with E-state index in [4.69, 9.17) is 0 Å². The molecule has 0 amide bonds. The Morgan fingerprint density at radius 3 is 1.22 bits per heavy atom. The van der Waals surface area contributed by atoms with Crippen LogP contribution in [0.5, 0.6) is 0 Å². The average Bonchev–Trinajstić information content (AvgIpc) is 4.09. The highest BCUT2D eigenvalue weighted by molar-refractivity contribution is 5.98. The quantitative estimate of drug-likeness (QED) is 0.144. The van der Waals surface area contributed by atoms with Gasteiger partial charge in [-0.3, -0.25) is 4.98 Å². The second kappa shape index (κ2) is 20.3. The summed E-state index contributed by atoms with van der Waals surface area (Å²) in [7, 11) is 0. The highest BCUT2D eigenvalue weighted by atomic mass is 15.2. The van der Waals surface area contributed by atoms with Gasteiger partial charge in [0.2, 0.25) is 0 Å². The number of fused-ring (bicyclic) bond motifs is 9. The summed E-state index contributed by atoms with van der Waals surface area (Å²) in [6, 6.07) is 96.8. The van der Waals surface area contributed by atoms with Crippen LogP contribution in [0.1, 0.15) is 39.8 Å². The molecule has 3 aliphatic carbocycles. The molecule has 0 saturated heterocycles. The lowest BCUT2D eigenvalue weighted by Crippen LogP contribution is -2.34. The Morgan fingerprint density at radius 1 is 0.364 bits per heavy atom. The molecule has 14 rings (SSSR count). The molecule has 0 bridgehead atoms. The van der Waals surface area contributed by atoms with Crippen LogP contribution in [0, 0.1) is 13.8 Å². The van der Waals surface area contributed by atoms with E-state index in [1.165, 1.54) is 94.8 Å². The van der Waals surface area contributed by atoms with E-state index in [1.54, 1.807) is 0 Å². The van der Waals surface area contributed by atoms with E-state index in [1.807, 2.05) is 18.5 Å². The zero-order valence-electron chi connectivity index (χ0n) is 43.3. The molecule has 3 aliphatic rings.